The van der Waals surface area contributed by atoms with Crippen LogP contribution in [0.5, 0.6) is 0 Å². The number of aryl methyl sites for hydroxylation is 1. The monoisotopic (exact) mass is 772 g/mol. The van der Waals surface area contributed by atoms with Crippen molar-refractivity contribution in [2.75, 3.05) is 0 Å². The summed E-state index contributed by atoms with van der Waals surface area (Å²) in [5, 5.41) is 22.8. The number of fused-ring (bicyclic) bond motifs is 4. The minimum Gasteiger partial charge on any atom is -0.383 e. The van der Waals surface area contributed by atoms with Gasteiger partial charge >= 0.3 is 0 Å². The molecule has 278 valence electrons. The zero-order chi connectivity index (χ0) is 38.1. The molecule has 0 bridgehead atoms. The lowest BCUT2D eigenvalue weighted by Crippen LogP contribution is -2.48. The quantitative estimate of drug-likeness (QED) is 0.205. The highest BCUT2D eigenvalue weighted by Gasteiger charge is 2.53. The van der Waals surface area contributed by atoms with Crippen molar-refractivity contribution in [1.29, 1.82) is 0 Å². The van der Waals surface area contributed by atoms with Crippen LogP contribution in [0.3, 0.4) is 0 Å². The van der Waals surface area contributed by atoms with E-state index in [0.29, 0.717) is 42.4 Å². The van der Waals surface area contributed by atoms with Crippen LogP contribution in [0.2, 0.25) is 0 Å². The normalized spacial score (nSPS) is 22.4. The van der Waals surface area contributed by atoms with Gasteiger partial charge in [0.25, 0.3) is 5.91 Å². The van der Waals surface area contributed by atoms with E-state index < -0.39 is 56.8 Å². The molecule has 2 aliphatic heterocycles. The number of benzene rings is 4. The van der Waals surface area contributed by atoms with Gasteiger partial charge in [0, 0.05) is 23.6 Å². The minimum absolute atomic E-state index is 0.00400. The van der Waals surface area contributed by atoms with Crippen molar-refractivity contribution < 1.29 is 32.3 Å². The van der Waals surface area contributed by atoms with Crippen molar-refractivity contribution in [2.45, 2.75) is 75.1 Å². The van der Waals surface area contributed by atoms with E-state index in [2.05, 4.69) is 10.2 Å². The summed E-state index contributed by atoms with van der Waals surface area (Å²) in [4.78, 5) is 24.7. The summed E-state index contributed by atoms with van der Waals surface area (Å²) in [5.41, 5.74) is 3.48. The van der Waals surface area contributed by atoms with Crippen molar-refractivity contribution in [3.8, 4) is 11.1 Å². The molecule has 7 nitrogen and oxygen atoms in total. The topological polar surface area (TPSA) is 85.6 Å². The van der Waals surface area contributed by atoms with Gasteiger partial charge in [0.2, 0.25) is 5.91 Å². The van der Waals surface area contributed by atoms with Crippen molar-refractivity contribution in [3.05, 3.63) is 129 Å². The number of thioether (sulfide) groups is 2. The molecule has 0 fully saturated rings. The number of aliphatic hydroxyl groups is 1. The van der Waals surface area contributed by atoms with Crippen LogP contribution < -0.4 is 0 Å². The van der Waals surface area contributed by atoms with Crippen LogP contribution in [0.25, 0.3) is 11.1 Å². The fraction of sp³-hybridized carbons (Fsp3) is 0.317. The minimum atomic E-state index is -1.34. The number of carbonyl (C=O) groups excluding carboxylic acids is 2. The van der Waals surface area contributed by atoms with Crippen molar-refractivity contribution in [2.24, 2.45) is 16.1 Å². The van der Waals surface area contributed by atoms with Gasteiger partial charge in [-0.2, -0.15) is 10.2 Å². The first kappa shape index (κ1) is 36.5. The molecule has 2 spiro atoms. The lowest BCUT2D eigenvalue weighted by Gasteiger charge is -2.40. The molecular formula is C41H36F4N4O3S2. The van der Waals surface area contributed by atoms with Gasteiger partial charge in [0.15, 0.2) is 0 Å². The summed E-state index contributed by atoms with van der Waals surface area (Å²) >= 11 is 2.34. The Balaban J connectivity index is 1.19. The van der Waals surface area contributed by atoms with Crippen LogP contribution in [0.15, 0.2) is 83.0 Å². The van der Waals surface area contributed by atoms with Crippen LogP contribution >= 0.6 is 23.5 Å². The van der Waals surface area contributed by atoms with Gasteiger partial charge in [-0.3, -0.25) is 9.59 Å². The highest BCUT2D eigenvalue weighted by atomic mass is 32.2. The summed E-state index contributed by atoms with van der Waals surface area (Å²) in [6.45, 7) is 4.81. The molecule has 0 aromatic heterocycles. The van der Waals surface area contributed by atoms with Crippen LogP contribution in [0.4, 0.5) is 17.6 Å². The SMILES string of the molecule is CC(=O)N1N=C(c2cc(F)ccc2F)SC12CCCc1c(-c3cc(F)c(C4=NN(C(=O)[C@@H](O)C(C)C)C5(CCCc6ccccc65)S4)cc3F)cccc12. The second-order valence-corrected chi connectivity index (χ2v) is 16.9. The summed E-state index contributed by atoms with van der Waals surface area (Å²) in [6.07, 6.45) is 2.17. The Labute approximate surface area is 318 Å². The van der Waals surface area contributed by atoms with E-state index in [4.69, 9.17) is 0 Å². The van der Waals surface area contributed by atoms with Gasteiger partial charge in [0.1, 0.15) is 49.2 Å². The van der Waals surface area contributed by atoms with E-state index in [1.165, 1.54) is 28.7 Å². The smallest absolute Gasteiger partial charge is 0.273 e. The average molecular weight is 773 g/mol. The second-order valence-electron chi connectivity index (χ2n) is 14.4. The lowest BCUT2D eigenvalue weighted by atomic mass is 9.82. The molecule has 54 heavy (non-hydrogen) atoms. The van der Waals surface area contributed by atoms with E-state index in [1.54, 1.807) is 26.0 Å². The average Bonchev–Trinajstić information content (AvgIpc) is 3.73. The third-order valence-electron chi connectivity index (χ3n) is 10.7. The summed E-state index contributed by atoms with van der Waals surface area (Å²) < 4.78 is 62.2. The zero-order valence-corrected chi connectivity index (χ0v) is 31.3. The van der Waals surface area contributed by atoms with E-state index in [-0.39, 0.29) is 26.8 Å². The molecule has 4 aromatic carbocycles. The van der Waals surface area contributed by atoms with Gasteiger partial charge in [-0.05, 0) is 103 Å². The standard InChI is InChI=1S/C41H36F4N4O3S2/c1-22(2)36(51)39(52)49-40(17-7-10-24-9-4-5-13-31(24)40)53-38(47-49)30-21-34(44)28(20-35(30)45)26-11-6-14-32-27(26)12-8-18-41(32)48(23(3)50)46-37(54-41)29-19-25(42)15-16-33(29)43/h4-6,9,11,13-16,19-22,36,51H,7-8,10,12,17-18H2,1-3H3/t36-,40?,41?/m0/s1. The molecule has 0 saturated carbocycles. The molecule has 0 saturated heterocycles. The maximum atomic E-state index is 16.5. The highest BCUT2D eigenvalue weighted by molar-refractivity contribution is 8.15. The number of carbonyl (C=O) groups is 2. The number of nitrogens with zero attached hydrogens (tertiary/aromatic N) is 4. The van der Waals surface area contributed by atoms with Crippen LogP contribution in [0.1, 0.15) is 79.8 Å². The van der Waals surface area contributed by atoms with Crippen molar-refractivity contribution in [3.63, 3.8) is 0 Å². The number of amides is 2. The third kappa shape index (κ3) is 5.77. The number of halogens is 4. The summed E-state index contributed by atoms with van der Waals surface area (Å²) in [6, 6.07) is 18.2. The van der Waals surface area contributed by atoms with Crippen LogP contribution in [-0.2, 0) is 32.2 Å². The Hall–Kier alpha value is -4.46. The molecule has 2 unspecified atom stereocenters. The number of hydrazone groups is 2. The first-order chi connectivity index (χ1) is 25.8. The molecule has 4 aromatic rings. The summed E-state index contributed by atoms with van der Waals surface area (Å²) in [7, 11) is 0. The van der Waals surface area contributed by atoms with E-state index in [9.17, 15) is 23.5 Å². The first-order valence-corrected chi connectivity index (χ1v) is 19.5. The van der Waals surface area contributed by atoms with Crippen molar-refractivity contribution in [1.82, 2.24) is 10.0 Å². The van der Waals surface area contributed by atoms with Crippen LogP contribution in [0, 0.1) is 29.2 Å². The Kier molecular flexibility index (Phi) is 9.25. The van der Waals surface area contributed by atoms with E-state index in [0.717, 1.165) is 66.1 Å². The molecule has 8 rings (SSSR count). The van der Waals surface area contributed by atoms with E-state index >= 15 is 8.78 Å². The molecule has 2 amide bonds. The van der Waals surface area contributed by atoms with Gasteiger partial charge in [0.05, 0.1) is 0 Å². The summed E-state index contributed by atoms with van der Waals surface area (Å²) in [5.74, 6) is -4.20. The number of rotatable bonds is 5. The Morgan fingerprint density at radius 1 is 0.722 bits per heavy atom. The molecular weight excluding hydrogens is 737 g/mol. The Morgan fingerprint density at radius 2 is 1.33 bits per heavy atom. The molecule has 0 radical (unpaired) electrons. The van der Waals surface area contributed by atoms with Crippen LogP contribution in [-0.4, -0.2) is 43.1 Å². The van der Waals surface area contributed by atoms with Gasteiger partial charge in [-0.15, -0.1) is 0 Å². The Bertz CT molecular complexity index is 2300. The molecule has 2 heterocycles. The number of hydrogen-bond acceptors (Lipinski definition) is 7. The number of aliphatic hydroxyl groups excluding tert-OH is 1. The predicted molar refractivity (Wildman–Crippen MR) is 202 cm³/mol. The third-order valence-corrected chi connectivity index (χ3v) is 13.5. The number of hydrogen-bond donors (Lipinski definition) is 1. The van der Waals surface area contributed by atoms with Gasteiger partial charge < -0.3 is 5.11 Å². The second kappa shape index (κ2) is 13.7. The fourth-order valence-electron chi connectivity index (χ4n) is 8.09. The zero-order valence-electron chi connectivity index (χ0n) is 29.7. The molecule has 1 N–H and O–H groups in total. The molecule has 4 aliphatic rings. The van der Waals surface area contributed by atoms with Gasteiger partial charge in [-0.25, -0.2) is 27.6 Å². The van der Waals surface area contributed by atoms with E-state index in [1.807, 2.05) is 30.3 Å². The molecule has 2 aliphatic carbocycles. The van der Waals surface area contributed by atoms with Crippen molar-refractivity contribution >= 4 is 45.4 Å². The first-order valence-electron chi connectivity index (χ1n) is 17.9. The maximum Gasteiger partial charge on any atom is 0.273 e. The van der Waals surface area contributed by atoms with Gasteiger partial charge in [-0.1, -0.05) is 79.8 Å². The maximum absolute atomic E-state index is 16.5. The largest absolute Gasteiger partial charge is 0.383 e. The predicted octanol–water partition coefficient (Wildman–Crippen LogP) is 8.80. The molecule has 3 atom stereocenters. The lowest BCUT2D eigenvalue weighted by molar-refractivity contribution is -0.146. The highest BCUT2D eigenvalue weighted by Crippen LogP contribution is 2.56. The fourth-order valence-corrected chi connectivity index (χ4v) is 11.1. The molecule has 13 heteroatoms. The Morgan fingerprint density at radius 3 is 2.06 bits per heavy atom.